The van der Waals surface area contributed by atoms with Crippen molar-refractivity contribution in [1.82, 2.24) is 4.57 Å². The average molecular weight is 338 g/mol. The quantitative estimate of drug-likeness (QED) is 0.500. The van der Waals surface area contributed by atoms with Crippen LogP contribution in [0.3, 0.4) is 0 Å². The Morgan fingerprint density at radius 1 is 1.00 bits per heavy atom. The van der Waals surface area contributed by atoms with Crippen LogP contribution in [0.4, 0.5) is 0 Å². The third-order valence-electron chi connectivity index (χ3n) is 3.80. The first-order valence-electron chi connectivity index (χ1n) is 9.34. The van der Waals surface area contributed by atoms with E-state index >= 15 is 0 Å². The zero-order chi connectivity index (χ0) is 19.4. The molecule has 0 unspecified atom stereocenters. The van der Waals surface area contributed by atoms with Crippen LogP contribution in [0.1, 0.15) is 65.3 Å². The lowest BCUT2D eigenvalue weighted by atomic mass is 10.0. The Morgan fingerprint density at radius 3 is 2.12 bits per heavy atom. The van der Waals surface area contributed by atoms with Crippen LogP contribution in [0.25, 0.3) is 28.6 Å². The first-order valence-corrected chi connectivity index (χ1v) is 9.34. The Morgan fingerprint density at radius 2 is 1.64 bits per heavy atom. The summed E-state index contributed by atoms with van der Waals surface area (Å²) in [5.74, 6) is 0. The predicted molar refractivity (Wildman–Crippen MR) is 119 cm³/mol. The van der Waals surface area contributed by atoms with E-state index in [0.29, 0.717) is 0 Å². The molecule has 1 aromatic carbocycles. The number of allylic oxidation sites excluding steroid dienone is 5. The number of rotatable bonds is 4. The van der Waals surface area contributed by atoms with Crippen molar-refractivity contribution in [3.8, 4) is 0 Å². The van der Waals surface area contributed by atoms with Gasteiger partial charge in [-0.2, -0.15) is 0 Å². The van der Waals surface area contributed by atoms with E-state index in [0.717, 1.165) is 5.69 Å². The summed E-state index contributed by atoms with van der Waals surface area (Å²) in [7, 11) is 2.10. The maximum atomic E-state index is 3.96. The third kappa shape index (κ3) is 5.09. The molecular formula is C24H35N. The SMILES string of the molecule is C=Cc1c(/C=C\C)c2ccc(C(/C=C\C)=C/C)cc2n1C.CC.CC. The number of fused-ring (bicyclic) bond motifs is 1. The van der Waals surface area contributed by atoms with Gasteiger partial charge >= 0.3 is 0 Å². The normalized spacial score (nSPS) is 11.3. The second kappa shape index (κ2) is 12.1. The van der Waals surface area contributed by atoms with Gasteiger partial charge in [0.05, 0.1) is 0 Å². The maximum absolute atomic E-state index is 3.96. The molecule has 0 saturated heterocycles. The van der Waals surface area contributed by atoms with Gasteiger partial charge in [0.2, 0.25) is 0 Å². The van der Waals surface area contributed by atoms with Crippen LogP contribution in [0.2, 0.25) is 0 Å². The van der Waals surface area contributed by atoms with Crippen molar-refractivity contribution in [2.24, 2.45) is 7.05 Å². The molecule has 2 rings (SSSR count). The van der Waals surface area contributed by atoms with Crippen LogP contribution in [0.5, 0.6) is 0 Å². The first kappa shape index (κ1) is 22.7. The monoisotopic (exact) mass is 337 g/mol. The summed E-state index contributed by atoms with van der Waals surface area (Å²) < 4.78 is 2.21. The zero-order valence-corrected chi connectivity index (χ0v) is 17.4. The molecule has 2 aromatic rings. The molecule has 0 atom stereocenters. The number of benzene rings is 1. The molecule has 0 aliphatic rings. The minimum atomic E-state index is 1.16. The lowest BCUT2D eigenvalue weighted by Gasteiger charge is -2.04. The minimum Gasteiger partial charge on any atom is -0.344 e. The van der Waals surface area contributed by atoms with Crippen molar-refractivity contribution in [2.45, 2.75) is 48.5 Å². The van der Waals surface area contributed by atoms with E-state index in [-0.39, 0.29) is 0 Å². The summed E-state index contributed by atoms with van der Waals surface area (Å²) in [5.41, 5.74) is 6.12. The van der Waals surface area contributed by atoms with Crippen LogP contribution in [0.15, 0.2) is 49.1 Å². The van der Waals surface area contributed by atoms with Gasteiger partial charge in [-0.3, -0.25) is 0 Å². The van der Waals surface area contributed by atoms with Crippen molar-refractivity contribution >= 4 is 28.6 Å². The molecule has 0 spiro atoms. The number of aromatic nitrogens is 1. The van der Waals surface area contributed by atoms with Gasteiger partial charge in [-0.15, -0.1) is 0 Å². The van der Waals surface area contributed by atoms with Crippen LogP contribution in [-0.4, -0.2) is 4.57 Å². The molecule has 1 heterocycles. The van der Waals surface area contributed by atoms with Gasteiger partial charge in [-0.1, -0.05) is 76.8 Å². The van der Waals surface area contributed by atoms with E-state index in [1.54, 1.807) is 0 Å². The topological polar surface area (TPSA) is 4.93 Å². The van der Waals surface area contributed by atoms with Gasteiger partial charge in [0.15, 0.2) is 0 Å². The highest BCUT2D eigenvalue weighted by molar-refractivity contribution is 5.96. The fourth-order valence-corrected chi connectivity index (χ4v) is 2.79. The number of hydrogen-bond donors (Lipinski definition) is 0. The second-order valence-electron chi connectivity index (χ2n) is 5.04. The number of hydrogen-bond acceptors (Lipinski definition) is 0. The Bertz CT molecular complexity index is 752. The second-order valence-corrected chi connectivity index (χ2v) is 5.04. The predicted octanol–water partition coefficient (Wildman–Crippen LogP) is 7.89. The smallest absolute Gasteiger partial charge is 0.0494 e. The molecule has 1 aromatic heterocycles. The van der Waals surface area contributed by atoms with Crippen molar-refractivity contribution in [3.05, 3.63) is 65.9 Å². The Hall–Kier alpha value is -2.28. The van der Waals surface area contributed by atoms with Gasteiger partial charge in [0, 0.05) is 29.2 Å². The molecule has 0 fully saturated rings. The van der Waals surface area contributed by atoms with E-state index < -0.39 is 0 Å². The van der Waals surface area contributed by atoms with Crippen LogP contribution < -0.4 is 0 Å². The molecule has 0 aliphatic heterocycles. The Balaban J connectivity index is 0.00000134. The van der Waals surface area contributed by atoms with Gasteiger partial charge in [0.25, 0.3) is 0 Å². The van der Waals surface area contributed by atoms with Crippen molar-refractivity contribution in [1.29, 1.82) is 0 Å². The molecule has 0 N–H and O–H groups in total. The van der Waals surface area contributed by atoms with Gasteiger partial charge in [-0.05, 0) is 44.1 Å². The van der Waals surface area contributed by atoms with Crippen LogP contribution in [0, 0.1) is 0 Å². The molecule has 0 aliphatic carbocycles. The maximum Gasteiger partial charge on any atom is 0.0494 e. The molecule has 1 nitrogen and oxygen atoms in total. The van der Waals surface area contributed by atoms with Crippen molar-refractivity contribution in [3.63, 3.8) is 0 Å². The summed E-state index contributed by atoms with van der Waals surface area (Å²) in [5, 5.41) is 1.27. The van der Waals surface area contributed by atoms with Crippen molar-refractivity contribution in [2.75, 3.05) is 0 Å². The van der Waals surface area contributed by atoms with Crippen LogP contribution in [-0.2, 0) is 7.05 Å². The van der Waals surface area contributed by atoms with Gasteiger partial charge < -0.3 is 4.57 Å². The third-order valence-corrected chi connectivity index (χ3v) is 3.80. The summed E-state index contributed by atoms with van der Waals surface area (Å²) in [6, 6.07) is 6.65. The molecule has 1 heteroatoms. The lowest BCUT2D eigenvalue weighted by molar-refractivity contribution is 0.953. The zero-order valence-electron chi connectivity index (χ0n) is 17.4. The number of nitrogens with zero attached hydrogens (tertiary/aromatic N) is 1. The first-order chi connectivity index (χ1) is 12.2. The summed E-state index contributed by atoms with van der Waals surface area (Å²) in [6.45, 7) is 18.1. The summed E-state index contributed by atoms with van der Waals surface area (Å²) in [6.07, 6.45) is 12.5. The molecule has 0 saturated carbocycles. The van der Waals surface area contributed by atoms with Gasteiger partial charge in [0.1, 0.15) is 0 Å². The van der Waals surface area contributed by atoms with E-state index in [1.807, 2.05) is 47.6 Å². The highest BCUT2D eigenvalue weighted by atomic mass is 14.9. The van der Waals surface area contributed by atoms with E-state index in [4.69, 9.17) is 0 Å². The van der Waals surface area contributed by atoms with E-state index in [1.165, 1.54) is 27.6 Å². The molecule has 0 radical (unpaired) electrons. The van der Waals surface area contributed by atoms with Crippen LogP contribution >= 0.6 is 0 Å². The highest BCUT2D eigenvalue weighted by Gasteiger charge is 2.11. The number of aryl methyl sites for hydroxylation is 1. The standard InChI is InChI=1S/C20H23N.2C2H6/c1-6-10-15(8-3)16-12-13-18-17(11-7-2)19(9-4)21(5)20(18)14-16;2*1-2/h6-14H,4H2,1-3,5H3;2*1-2H3/b10-6-,11-7-,15-8+;;. The van der Waals surface area contributed by atoms with E-state index in [2.05, 4.69) is 73.7 Å². The largest absolute Gasteiger partial charge is 0.344 e. The highest BCUT2D eigenvalue weighted by Crippen LogP contribution is 2.30. The van der Waals surface area contributed by atoms with E-state index in [9.17, 15) is 0 Å². The molecule has 136 valence electrons. The fraction of sp³-hybridized carbons (Fsp3) is 0.333. The fourth-order valence-electron chi connectivity index (χ4n) is 2.79. The van der Waals surface area contributed by atoms with Gasteiger partial charge in [-0.25, -0.2) is 0 Å². The lowest BCUT2D eigenvalue weighted by Crippen LogP contribution is -1.91. The Labute approximate surface area is 155 Å². The molecule has 0 bridgehead atoms. The Kier molecular flexibility index (Phi) is 11.0. The molecular weight excluding hydrogens is 302 g/mol. The van der Waals surface area contributed by atoms with Crippen molar-refractivity contribution < 1.29 is 0 Å². The summed E-state index contributed by atoms with van der Waals surface area (Å²) in [4.78, 5) is 0. The molecule has 0 amide bonds. The summed E-state index contributed by atoms with van der Waals surface area (Å²) >= 11 is 0. The average Bonchev–Trinajstić information content (AvgIpc) is 2.94. The molecule has 25 heavy (non-hydrogen) atoms. The minimum absolute atomic E-state index is 1.16.